The average molecular weight is 321 g/mol. The van der Waals surface area contributed by atoms with Crippen molar-refractivity contribution < 1.29 is 37.3 Å². The molecule has 0 bridgehead atoms. The molecular formula is C13H14F3NO5. The average Bonchev–Trinajstić information content (AvgIpc) is 2.44. The third kappa shape index (κ3) is 6.44. The summed E-state index contributed by atoms with van der Waals surface area (Å²) in [7, 11) is 0. The van der Waals surface area contributed by atoms with E-state index in [2.05, 4.69) is 14.5 Å². The maximum atomic E-state index is 12.0. The summed E-state index contributed by atoms with van der Waals surface area (Å²) in [6.45, 7) is 1.51. The van der Waals surface area contributed by atoms with Gasteiger partial charge in [0.25, 0.3) is 0 Å². The van der Waals surface area contributed by atoms with Gasteiger partial charge < -0.3 is 10.5 Å². The van der Waals surface area contributed by atoms with Crippen molar-refractivity contribution in [3.05, 3.63) is 29.8 Å². The molecule has 1 aromatic carbocycles. The number of ether oxygens (including phenoxy) is 1. The number of carbonyl (C=O) groups is 2. The van der Waals surface area contributed by atoms with Crippen LogP contribution < -0.4 is 10.5 Å². The first kappa shape index (κ1) is 17.8. The van der Waals surface area contributed by atoms with Crippen LogP contribution in [0.3, 0.4) is 0 Å². The third-order valence-corrected chi connectivity index (χ3v) is 2.42. The molecule has 0 heterocycles. The van der Waals surface area contributed by atoms with Crippen molar-refractivity contribution in [3.8, 4) is 5.75 Å². The van der Waals surface area contributed by atoms with E-state index in [9.17, 15) is 22.8 Å². The SMILES string of the molecule is CCC(=O)OOC(=O)C(N)Cc1ccc(OC(F)(F)F)cc1. The number of hydrogen-bond donors (Lipinski definition) is 1. The summed E-state index contributed by atoms with van der Waals surface area (Å²) in [4.78, 5) is 30.6. The predicted octanol–water partition coefficient (Wildman–Crippen LogP) is 1.87. The Labute approximate surface area is 123 Å². The first-order chi connectivity index (χ1) is 10.2. The summed E-state index contributed by atoms with van der Waals surface area (Å²) in [5.74, 6) is -2.07. The Morgan fingerprint density at radius 1 is 1.18 bits per heavy atom. The Kier molecular flexibility index (Phi) is 6.17. The number of alkyl halides is 3. The number of hydrogen-bond acceptors (Lipinski definition) is 6. The van der Waals surface area contributed by atoms with Crippen LogP contribution in [0.1, 0.15) is 18.9 Å². The molecule has 0 aromatic heterocycles. The summed E-state index contributed by atoms with van der Waals surface area (Å²) in [5, 5.41) is 0. The molecule has 6 nitrogen and oxygen atoms in total. The molecule has 0 radical (unpaired) electrons. The van der Waals surface area contributed by atoms with Crippen molar-refractivity contribution in [2.75, 3.05) is 0 Å². The monoisotopic (exact) mass is 321 g/mol. The zero-order chi connectivity index (χ0) is 16.8. The smallest absolute Gasteiger partial charge is 0.406 e. The van der Waals surface area contributed by atoms with Crippen LogP contribution in [0.5, 0.6) is 5.75 Å². The molecule has 0 aliphatic heterocycles. The van der Waals surface area contributed by atoms with E-state index < -0.39 is 24.3 Å². The van der Waals surface area contributed by atoms with Crippen LogP contribution in [0.15, 0.2) is 24.3 Å². The van der Waals surface area contributed by atoms with Gasteiger partial charge in [0.2, 0.25) is 0 Å². The summed E-state index contributed by atoms with van der Waals surface area (Å²) in [6, 6.07) is 3.72. The van der Waals surface area contributed by atoms with Gasteiger partial charge in [0, 0.05) is 6.42 Å². The summed E-state index contributed by atoms with van der Waals surface area (Å²) >= 11 is 0. The molecule has 0 spiro atoms. The fourth-order valence-electron chi connectivity index (χ4n) is 1.37. The second-order valence-corrected chi connectivity index (χ2v) is 4.21. The van der Waals surface area contributed by atoms with Gasteiger partial charge in [-0.15, -0.1) is 13.2 Å². The minimum absolute atomic E-state index is 0.00515. The number of carbonyl (C=O) groups excluding carboxylic acids is 2. The minimum atomic E-state index is -4.77. The second kappa shape index (κ2) is 7.64. The largest absolute Gasteiger partial charge is 0.573 e. The topological polar surface area (TPSA) is 87.9 Å². The quantitative estimate of drug-likeness (QED) is 0.658. The normalized spacial score (nSPS) is 12.4. The lowest BCUT2D eigenvalue weighted by Crippen LogP contribution is -2.34. The third-order valence-electron chi connectivity index (χ3n) is 2.42. The highest BCUT2D eigenvalue weighted by Gasteiger charge is 2.31. The van der Waals surface area contributed by atoms with E-state index in [1.165, 1.54) is 19.1 Å². The highest BCUT2D eigenvalue weighted by molar-refractivity contribution is 5.77. The van der Waals surface area contributed by atoms with Crippen LogP contribution in [0.4, 0.5) is 13.2 Å². The predicted molar refractivity (Wildman–Crippen MR) is 67.3 cm³/mol. The van der Waals surface area contributed by atoms with Gasteiger partial charge in [-0.05, 0) is 24.1 Å². The van der Waals surface area contributed by atoms with Gasteiger partial charge >= 0.3 is 18.3 Å². The molecule has 1 rings (SSSR count). The van der Waals surface area contributed by atoms with E-state index in [-0.39, 0.29) is 18.6 Å². The van der Waals surface area contributed by atoms with Gasteiger partial charge in [-0.2, -0.15) is 0 Å². The molecule has 0 saturated carbocycles. The van der Waals surface area contributed by atoms with Gasteiger partial charge in [0.05, 0.1) is 0 Å². The van der Waals surface area contributed by atoms with Crippen molar-refractivity contribution >= 4 is 11.9 Å². The molecule has 0 fully saturated rings. The fraction of sp³-hybridized carbons (Fsp3) is 0.385. The van der Waals surface area contributed by atoms with Crippen LogP contribution in [0.25, 0.3) is 0 Å². The van der Waals surface area contributed by atoms with Crippen LogP contribution in [0.2, 0.25) is 0 Å². The van der Waals surface area contributed by atoms with Gasteiger partial charge in [-0.3, -0.25) is 0 Å². The van der Waals surface area contributed by atoms with E-state index >= 15 is 0 Å². The zero-order valence-corrected chi connectivity index (χ0v) is 11.6. The van der Waals surface area contributed by atoms with Gasteiger partial charge in [-0.25, -0.2) is 19.4 Å². The van der Waals surface area contributed by atoms with Crippen molar-refractivity contribution in [1.82, 2.24) is 0 Å². The van der Waals surface area contributed by atoms with Gasteiger partial charge in [0.1, 0.15) is 11.8 Å². The molecule has 0 saturated heterocycles. The lowest BCUT2D eigenvalue weighted by atomic mass is 10.1. The zero-order valence-electron chi connectivity index (χ0n) is 11.6. The lowest BCUT2D eigenvalue weighted by Gasteiger charge is -2.11. The summed E-state index contributed by atoms with van der Waals surface area (Å²) < 4.78 is 39.7. The molecular weight excluding hydrogens is 307 g/mol. The van der Waals surface area contributed by atoms with Crippen molar-refractivity contribution in [2.24, 2.45) is 5.73 Å². The van der Waals surface area contributed by atoms with E-state index in [0.717, 1.165) is 12.1 Å². The molecule has 1 aromatic rings. The molecule has 0 aliphatic carbocycles. The molecule has 0 amide bonds. The van der Waals surface area contributed by atoms with Crippen molar-refractivity contribution in [2.45, 2.75) is 32.2 Å². The van der Waals surface area contributed by atoms with Crippen LogP contribution in [-0.4, -0.2) is 24.3 Å². The highest BCUT2D eigenvalue weighted by Crippen LogP contribution is 2.22. The molecule has 1 atom stereocenters. The van der Waals surface area contributed by atoms with Gasteiger partial charge in [0.15, 0.2) is 0 Å². The Bertz CT molecular complexity index is 515. The lowest BCUT2D eigenvalue weighted by molar-refractivity contribution is -0.274. The number of rotatable bonds is 5. The Morgan fingerprint density at radius 3 is 2.27 bits per heavy atom. The number of nitrogens with two attached hydrogens (primary N) is 1. The summed E-state index contributed by atoms with van der Waals surface area (Å²) in [6.07, 6.45) is -4.75. The van der Waals surface area contributed by atoms with E-state index in [1.54, 1.807) is 0 Å². The first-order valence-corrected chi connectivity index (χ1v) is 6.22. The van der Waals surface area contributed by atoms with Crippen LogP contribution in [0, 0.1) is 0 Å². The molecule has 2 N–H and O–H groups in total. The molecule has 1 unspecified atom stereocenters. The summed E-state index contributed by atoms with van der Waals surface area (Å²) in [5.41, 5.74) is 6.03. The number of halogens is 3. The van der Waals surface area contributed by atoms with Crippen molar-refractivity contribution in [3.63, 3.8) is 0 Å². The maximum absolute atomic E-state index is 12.0. The molecule has 9 heteroatoms. The minimum Gasteiger partial charge on any atom is -0.406 e. The second-order valence-electron chi connectivity index (χ2n) is 4.21. The molecule has 22 heavy (non-hydrogen) atoms. The fourth-order valence-corrected chi connectivity index (χ4v) is 1.37. The molecule has 0 aliphatic rings. The van der Waals surface area contributed by atoms with Gasteiger partial charge in [-0.1, -0.05) is 19.1 Å². The highest BCUT2D eigenvalue weighted by atomic mass is 19.4. The van der Waals surface area contributed by atoms with E-state index in [4.69, 9.17) is 5.73 Å². The van der Waals surface area contributed by atoms with Crippen LogP contribution in [-0.2, 0) is 25.8 Å². The van der Waals surface area contributed by atoms with Crippen LogP contribution >= 0.6 is 0 Å². The molecule has 122 valence electrons. The first-order valence-electron chi connectivity index (χ1n) is 6.22. The maximum Gasteiger partial charge on any atom is 0.573 e. The standard InChI is InChI=1S/C13H14F3NO5/c1-2-11(18)21-22-12(19)10(17)7-8-3-5-9(6-4-8)20-13(14,15)16/h3-6,10H,2,7,17H2,1H3. The van der Waals surface area contributed by atoms with Crippen molar-refractivity contribution in [1.29, 1.82) is 0 Å². The Balaban J connectivity index is 2.52. The van der Waals surface area contributed by atoms with E-state index in [0.29, 0.717) is 5.56 Å². The Hall–Kier alpha value is -2.29. The Morgan fingerprint density at radius 2 is 1.77 bits per heavy atom. The van der Waals surface area contributed by atoms with E-state index in [1.807, 2.05) is 0 Å². The number of benzene rings is 1.